The molecule has 1 aromatic carbocycles. The molecule has 0 spiro atoms. The number of hydrogen-bond donors (Lipinski definition) is 2. The van der Waals surface area contributed by atoms with Crippen molar-refractivity contribution >= 4 is 21.8 Å². The molecule has 3 rings (SSSR count). The Labute approximate surface area is 144 Å². The molecule has 1 aliphatic heterocycles. The summed E-state index contributed by atoms with van der Waals surface area (Å²) in [6.45, 7) is 4.58. The molecule has 0 radical (unpaired) electrons. The van der Waals surface area contributed by atoms with Gasteiger partial charge >= 0.3 is 0 Å². The Balaban J connectivity index is 1.74. The first-order valence-corrected chi connectivity index (χ1v) is 9.09. The third-order valence-electron chi connectivity index (χ3n) is 4.62. The number of hydrazine groups is 1. The monoisotopic (exact) mass is 383 g/mol. The van der Waals surface area contributed by atoms with Crippen LogP contribution in [0.4, 0.5) is 4.39 Å². The van der Waals surface area contributed by atoms with Gasteiger partial charge in [-0.05, 0) is 24.8 Å². The van der Waals surface area contributed by atoms with E-state index in [0.717, 1.165) is 12.8 Å². The first kappa shape index (κ1) is 16.9. The molecule has 2 fully saturated rings. The smallest absolute Gasteiger partial charge is 0.242 e. The van der Waals surface area contributed by atoms with Gasteiger partial charge in [-0.15, -0.1) is 0 Å². The summed E-state index contributed by atoms with van der Waals surface area (Å²) in [5, 5.41) is 0. The number of nitrogens with zero attached hydrogens (tertiary/aromatic N) is 1. The van der Waals surface area contributed by atoms with E-state index in [1.165, 1.54) is 6.07 Å². The second-order valence-electron chi connectivity index (χ2n) is 6.77. The highest BCUT2D eigenvalue weighted by Crippen LogP contribution is 2.31. The van der Waals surface area contributed by atoms with E-state index in [0.29, 0.717) is 18.0 Å². The van der Waals surface area contributed by atoms with Crippen LogP contribution >= 0.6 is 15.9 Å². The van der Waals surface area contributed by atoms with E-state index in [9.17, 15) is 9.18 Å². The van der Waals surface area contributed by atoms with Gasteiger partial charge in [0.1, 0.15) is 11.9 Å². The Kier molecular flexibility index (Phi) is 5.04. The third kappa shape index (κ3) is 3.59. The van der Waals surface area contributed by atoms with E-state index in [1.807, 2.05) is 11.0 Å². The van der Waals surface area contributed by atoms with Gasteiger partial charge in [-0.3, -0.25) is 10.2 Å². The number of halogens is 2. The molecule has 23 heavy (non-hydrogen) atoms. The van der Waals surface area contributed by atoms with Crippen molar-refractivity contribution in [1.29, 1.82) is 0 Å². The Hall–Kier alpha value is -0.980. The second kappa shape index (κ2) is 6.87. The van der Waals surface area contributed by atoms with Crippen LogP contribution in [-0.2, 0) is 11.3 Å². The molecule has 3 unspecified atom stereocenters. The van der Waals surface area contributed by atoms with E-state index in [-0.39, 0.29) is 34.7 Å². The number of nitrogens with one attached hydrogen (secondary N) is 2. The average Bonchev–Trinajstić information content (AvgIpc) is 3.27. The van der Waals surface area contributed by atoms with Crippen molar-refractivity contribution in [3.63, 3.8) is 0 Å². The van der Waals surface area contributed by atoms with Crippen LogP contribution in [0.25, 0.3) is 0 Å². The van der Waals surface area contributed by atoms with Crippen LogP contribution in [0.3, 0.4) is 0 Å². The van der Waals surface area contributed by atoms with Crippen LogP contribution in [0.15, 0.2) is 24.3 Å². The maximum Gasteiger partial charge on any atom is 0.242 e. The van der Waals surface area contributed by atoms with Crippen LogP contribution in [0.1, 0.15) is 32.3 Å². The SMILES string of the molecule is CC(C)C1NNC(C(=O)N(Cc2ccccc2F)C2CC2)C1Br. The van der Waals surface area contributed by atoms with Crippen LogP contribution in [0.5, 0.6) is 0 Å². The van der Waals surface area contributed by atoms with Gasteiger partial charge in [-0.25, -0.2) is 9.82 Å². The van der Waals surface area contributed by atoms with Gasteiger partial charge in [0.2, 0.25) is 5.91 Å². The number of rotatable bonds is 5. The average molecular weight is 384 g/mol. The zero-order valence-corrected chi connectivity index (χ0v) is 15.0. The molecule has 2 N–H and O–H groups in total. The van der Waals surface area contributed by atoms with Crippen LogP contribution in [-0.4, -0.2) is 33.8 Å². The molecule has 126 valence electrons. The molecule has 1 aromatic rings. The van der Waals surface area contributed by atoms with Crippen molar-refractivity contribution in [3.8, 4) is 0 Å². The van der Waals surface area contributed by atoms with Crippen molar-refractivity contribution in [2.24, 2.45) is 5.92 Å². The highest BCUT2D eigenvalue weighted by molar-refractivity contribution is 9.09. The molecular formula is C17H23BrFN3O. The van der Waals surface area contributed by atoms with Crippen molar-refractivity contribution < 1.29 is 9.18 Å². The molecule has 4 nitrogen and oxygen atoms in total. The lowest BCUT2D eigenvalue weighted by Crippen LogP contribution is -2.48. The molecule has 2 aliphatic rings. The minimum absolute atomic E-state index is 0.0249. The van der Waals surface area contributed by atoms with Gasteiger partial charge in [0.25, 0.3) is 0 Å². The maximum atomic E-state index is 13.9. The lowest BCUT2D eigenvalue weighted by atomic mass is 9.99. The highest BCUT2D eigenvalue weighted by Gasteiger charge is 2.44. The standard InChI is InChI=1S/C17H23BrFN3O/c1-10(2)15-14(18)16(21-20-15)17(23)22(12-7-8-12)9-11-5-3-4-6-13(11)19/h3-6,10,12,14-16,20-21H,7-9H2,1-2H3. The second-order valence-corrected chi connectivity index (χ2v) is 7.83. The number of alkyl halides is 1. The number of amides is 1. The molecule has 6 heteroatoms. The first-order valence-electron chi connectivity index (χ1n) is 8.18. The molecule has 1 heterocycles. The summed E-state index contributed by atoms with van der Waals surface area (Å²) in [5.74, 6) is 0.192. The molecule has 1 saturated heterocycles. The third-order valence-corrected chi connectivity index (χ3v) is 5.72. The summed E-state index contributed by atoms with van der Waals surface area (Å²) in [7, 11) is 0. The van der Waals surface area contributed by atoms with Crippen molar-refractivity contribution in [3.05, 3.63) is 35.6 Å². The molecule has 0 aromatic heterocycles. The van der Waals surface area contributed by atoms with E-state index >= 15 is 0 Å². The van der Waals surface area contributed by atoms with Gasteiger partial charge in [0.05, 0.1) is 4.83 Å². The zero-order valence-electron chi connectivity index (χ0n) is 13.4. The summed E-state index contributed by atoms with van der Waals surface area (Å²) in [5.41, 5.74) is 6.90. The van der Waals surface area contributed by atoms with Crippen LogP contribution in [0, 0.1) is 11.7 Å². The Morgan fingerprint density at radius 1 is 1.35 bits per heavy atom. The van der Waals surface area contributed by atoms with Crippen molar-refractivity contribution in [2.75, 3.05) is 0 Å². The Bertz CT molecular complexity index is 579. The van der Waals surface area contributed by atoms with E-state index in [4.69, 9.17) is 0 Å². The molecule has 1 saturated carbocycles. The fraction of sp³-hybridized carbons (Fsp3) is 0.588. The summed E-state index contributed by atoms with van der Waals surface area (Å²) < 4.78 is 13.9. The highest BCUT2D eigenvalue weighted by atomic mass is 79.9. The molecule has 1 amide bonds. The fourth-order valence-electron chi connectivity index (χ4n) is 3.05. The van der Waals surface area contributed by atoms with Crippen LogP contribution in [0.2, 0.25) is 0 Å². The summed E-state index contributed by atoms with van der Waals surface area (Å²) in [4.78, 5) is 14.8. The summed E-state index contributed by atoms with van der Waals surface area (Å²) >= 11 is 3.66. The van der Waals surface area contributed by atoms with Crippen molar-refractivity contribution in [2.45, 2.75) is 56.2 Å². The van der Waals surface area contributed by atoms with Crippen molar-refractivity contribution in [1.82, 2.24) is 15.8 Å². The predicted molar refractivity (Wildman–Crippen MR) is 91.4 cm³/mol. The van der Waals surface area contributed by atoms with Gasteiger partial charge in [-0.2, -0.15) is 0 Å². The molecule has 0 bridgehead atoms. The molecular weight excluding hydrogens is 361 g/mol. The summed E-state index contributed by atoms with van der Waals surface area (Å²) in [6.07, 6.45) is 2.00. The van der Waals surface area contributed by atoms with Gasteiger partial charge in [-0.1, -0.05) is 48.0 Å². The van der Waals surface area contributed by atoms with Gasteiger partial charge < -0.3 is 4.90 Å². The number of hydrogen-bond acceptors (Lipinski definition) is 3. The van der Waals surface area contributed by atoms with E-state index in [1.54, 1.807) is 12.1 Å². The predicted octanol–water partition coefficient (Wildman–Crippen LogP) is 2.58. The molecule has 3 atom stereocenters. The van der Waals surface area contributed by atoms with Gasteiger partial charge in [0.15, 0.2) is 0 Å². The number of benzene rings is 1. The minimum Gasteiger partial charge on any atom is -0.334 e. The minimum atomic E-state index is -0.324. The van der Waals surface area contributed by atoms with Gasteiger partial charge in [0, 0.05) is 24.2 Å². The molecule has 1 aliphatic carbocycles. The lowest BCUT2D eigenvalue weighted by molar-refractivity contribution is -0.134. The largest absolute Gasteiger partial charge is 0.334 e. The fourth-order valence-corrected chi connectivity index (χ4v) is 4.15. The zero-order chi connectivity index (χ0) is 16.6. The van der Waals surface area contributed by atoms with E-state index in [2.05, 4.69) is 40.6 Å². The Morgan fingerprint density at radius 3 is 2.61 bits per heavy atom. The quantitative estimate of drug-likeness (QED) is 0.768. The number of carbonyl (C=O) groups is 1. The van der Waals surface area contributed by atoms with Crippen LogP contribution < -0.4 is 10.9 Å². The van der Waals surface area contributed by atoms with E-state index < -0.39 is 0 Å². The Morgan fingerprint density at radius 2 is 2.04 bits per heavy atom. The number of carbonyl (C=O) groups excluding carboxylic acids is 1. The maximum absolute atomic E-state index is 13.9. The normalized spacial score (nSPS) is 27.4. The summed E-state index contributed by atoms with van der Waals surface area (Å²) in [6, 6.07) is 6.79. The first-order chi connectivity index (χ1) is 11.0. The lowest BCUT2D eigenvalue weighted by Gasteiger charge is -2.27. The topological polar surface area (TPSA) is 44.4 Å².